The fourth-order valence-corrected chi connectivity index (χ4v) is 11.1. The lowest BCUT2D eigenvalue weighted by atomic mass is 9.41. The molecule has 0 aromatic heterocycles. The van der Waals surface area contributed by atoms with Gasteiger partial charge in [-0.05, 0) is 128 Å². The Labute approximate surface area is 198 Å². The van der Waals surface area contributed by atoms with Crippen LogP contribution in [0.25, 0.3) is 0 Å². The van der Waals surface area contributed by atoms with E-state index in [0.29, 0.717) is 21.7 Å². The van der Waals surface area contributed by atoms with Gasteiger partial charge in [0.2, 0.25) is 0 Å². The Hall–Kier alpha value is -0.560. The maximum atomic E-state index is 10.9. The van der Waals surface area contributed by atoms with Crippen molar-refractivity contribution in [1.82, 2.24) is 0 Å². The van der Waals surface area contributed by atoms with Crippen LogP contribution in [0.3, 0.4) is 0 Å². The van der Waals surface area contributed by atoms with E-state index in [4.69, 9.17) is 0 Å². The fourth-order valence-electron chi connectivity index (χ4n) is 11.1. The van der Waals surface area contributed by atoms with Gasteiger partial charge in [-0.1, -0.05) is 58.9 Å². The van der Waals surface area contributed by atoms with Crippen LogP contribution in [-0.4, -0.2) is 11.2 Å². The summed E-state index contributed by atoms with van der Waals surface area (Å²) in [6.07, 6.45) is 14.7. The van der Waals surface area contributed by atoms with Crippen LogP contribution < -0.4 is 0 Å². The molecule has 32 heavy (non-hydrogen) atoms. The third kappa shape index (κ3) is 2.67. The minimum absolute atomic E-state index is 0.0950. The Bertz CT molecular complexity index is 822. The average Bonchev–Trinajstić information content (AvgIpc) is 3.31. The lowest BCUT2D eigenvalue weighted by molar-refractivity contribution is -0.161. The number of fused-ring (bicyclic) bond motifs is 2. The van der Waals surface area contributed by atoms with Crippen LogP contribution >= 0.6 is 0 Å². The van der Waals surface area contributed by atoms with E-state index < -0.39 is 0 Å². The predicted molar refractivity (Wildman–Crippen MR) is 135 cm³/mol. The summed E-state index contributed by atoms with van der Waals surface area (Å²) in [5, 5.41) is 10.9. The minimum atomic E-state index is -0.0950. The highest BCUT2D eigenvalue weighted by molar-refractivity contribution is 5.30. The Morgan fingerprint density at radius 3 is 2.22 bits per heavy atom. The Morgan fingerprint density at radius 1 is 0.875 bits per heavy atom. The molecular weight excluding hydrogens is 388 g/mol. The molecule has 9 unspecified atom stereocenters. The highest BCUT2D eigenvalue weighted by Gasteiger charge is 2.82. The van der Waals surface area contributed by atoms with Crippen LogP contribution in [0.4, 0.5) is 0 Å². The summed E-state index contributed by atoms with van der Waals surface area (Å²) in [4.78, 5) is 0. The number of hydrogen-bond donors (Lipinski definition) is 1. The van der Waals surface area contributed by atoms with E-state index in [9.17, 15) is 5.11 Å². The van der Waals surface area contributed by atoms with Crippen molar-refractivity contribution in [3.8, 4) is 0 Å². The van der Waals surface area contributed by atoms with Crippen LogP contribution in [0.2, 0.25) is 0 Å². The Balaban J connectivity index is 1.39. The van der Waals surface area contributed by atoms with Gasteiger partial charge in [-0.15, -0.1) is 0 Å². The second-order valence-corrected chi connectivity index (χ2v) is 14.4. The van der Waals surface area contributed by atoms with Crippen LogP contribution in [0, 0.1) is 50.7 Å². The largest absolute Gasteiger partial charge is 0.393 e. The van der Waals surface area contributed by atoms with E-state index in [0.717, 1.165) is 42.1 Å². The molecule has 5 aliphatic carbocycles. The van der Waals surface area contributed by atoms with Crippen molar-refractivity contribution in [3.05, 3.63) is 24.3 Å². The molecule has 5 fully saturated rings. The zero-order valence-electron chi connectivity index (χ0n) is 22.0. The fraction of sp³-hybridized carbons (Fsp3) is 0.871. The van der Waals surface area contributed by atoms with Crippen molar-refractivity contribution in [2.24, 2.45) is 50.7 Å². The van der Waals surface area contributed by atoms with Crippen molar-refractivity contribution < 1.29 is 5.11 Å². The molecule has 1 nitrogen and oxygen atoms in total. The molecule has 0 aromatic carbocycles. The van der Waals surface area contributed by atoms with E-state index in [1.54, 1.807) is 0 Å². The van der Waals surface area contributed by atoms with Crippen molar-refractivity contribution in [2.75, 3.05) is 0 Å². The first-order valence-corrected chi connectivity index (χ1v) is 13.9. The van der Waals surface area contributed by atoms with Crippen molar-refractivity contribution in [3.63, 3.8) is 0 Å². The van der Waals surface area contributed by atoms with E-state index in [1.807, 2.05) is 0 Å². The molecule has 0 bridgehead atoms. The van der Waals surface area contributed by atoms with Crippen LogP contribution in [-0.2, 0) is 0 Å². The maximum Gasteiger partial charge on any atom is 0.0594 e. The second-order valence-electron chi connectivity index (χ2n) is 14.4. The van der Waals surface area contributed by atoms with Crippen molar-refractivity contribution in [2.45, 2.75) is 118 Å². The highest BCUT2D eigenvalue weighted by atomic mass is 16.3. The number of allylic oxidation sites excluding steroid dienone is 2. The first-order chi connectivity index (χ1) is 14.9. The molecule has 5 saturated carbocycles. The standard InChI is InChI=1S/C31H50O/c1-20(2)21(3)9-10-22(4)23-13-15-29(8)25-12-11-24-27(5,6)26(32)14-16-30(24)19-31(25,30)18-17-28(23,29)7/h22-26,32H,1,3,9-19H2,2,4-8H3. The molecule has 0 amide bonds. The van der Waals surface area contributed by atoms with Gasteiger partial charge in [0.1, 0.15) is 0 Å². The number of aliphatic hydroxyl groups is 1. The third-order valence-corrected chi connectivity index (χ3v) is 13.3. The first-order valence-electron chi connectivity index (χ1n) is 13.9. The SMILES string of the molecule is C=C(C)C(=C)CCC(C)C1CCC2(C)C3CCC4C(C)(C)C(O)CCC45CC35CCC12C. The maximum absolute atomic E-state index is 10.9. The van der Waals surface area contributed by atoms with Gasteiger partial charge < -0.3 is 5.11 Å². The zero-order valence-corrected chi connectivity index (χ0v) is 22.0. The molecule has 180 valence electrons. The molecule has 9 atom stereocenters. The summed E-state index contributed by atoms with van der Waals surface area (Å²) in [5.41, 5.74) is 4.69. The lowest BCUT2D eigenvalue weighted by Gasteiger charge is -2.63. The number of aliphatic hydroxyl groups excluding tert-OH is 1. The van der Waals surface area contributed by atoms with E-state index in [2.05, 4.69) is 54.7 Å². The third-order valence-electron chi connectivity index (χ3n) is 13.3. The van der Waals surface area contributed by atoms with Gasteiger partial charge >= 0.3 is 0 Å². The molecule has 0 radical (unpaired) electrons. The molecule has 1 N–H and O–H groups in total. The van der Waals surface area contributed by atoms with Crippen molar-refractivity contribution in [1.29, 1.82) is 0 Å². The van der Waals surface area contributed by atoms with Gasteiger partial charge in [0.25, 0.3) is 0 Å². The summed E-state index contributed by atoms with van der Waals surface area (Å²) >= 11 is 0. The molecule has 5 aliphatic rings. The molecule has 5 rings (SSSR count). The molecule has 1 heteroatoms. The summed E-state index contributed by atoms with van der Waals surface area (Å²) in [7, 11) is 0. The summed E-state index contributed by atoms with van der Waals surface area (Å²) in [5.74, 6) is 3.30. The Kier molecular flexibility index (Phi) is 5.07. The van der Waals surface area contributed by atoms with E-state index in [1.165, 1.54) is 63.4 Å². The monoisotopic (exact) mass is 438 g/mol. The predicted octanol–water partition coefficient (Wildman–Crippen LogP) is 8.34. The normalized spacial score (nSPS) is 51.6. The molecule has 0 aromatic rings. The van der Waals surface area contributed by atoms with Gasteiger partial charge in [0.05, 0.1) is 6.10 Å². The highest BCUT2D eigenvalue weighted by Crippen LogP contribution is 2.89. The zero-order chi connectivity index (χ0) is 23.3. The first kappa shape index (κ1) is 23.2. The molecular formula is C31H50O. The molecule has 2 spiro atoms. The van der Waals surface area contributed by atoms with Gasteiger partial charge in [0.15, 0.2) is 0 Å². The minimum Gasteiger partial charge on any atom is -0.393 e. The van der Waals surface area contributed by atoms with Gasteiger partial charge in [0, 0.05) is 0 Å². The van der Waals surface area contributed by atoms with Crippen molar-refractivity contribution >= 4 is 0 Å². The van der Waals surface area contributed by atoms with E-state index in [-0.39, 0.29) is 11.5 Å². The molecule has 0 heterocycles. The second kappa shape index (κ2) is 6.99. The van der Waals surface area contributed by atoms with Crippen LogP contribution in [0.1, 0.15) is 112 Å². The lowest BCUT2D eigenvalue weighted by Crippen LogP contribution is -2.57. The number of hydrogen-bond acceptors (Lipinski definition) is 1. The van der Waals surface area contributed by atoms with Crippen LogP contribution in [0.5, 0.6) is 0 Å². The number of rotatable bonds is 5. The van der Waals surface area contributed by atoms with Gasteiger partial charge in [-0.3, -0.25) is 0 Å². The quantitative estimate of drug-likeness (QED) is 0.428. The topological polar surface area (TPSA) is 20.2 Å². The average molecular weight is 439 g/mol. The molecule has 0 saturated heterocycles. The molecule has 0 aliphatic heterocycles. The summed E-state index contributed by atoms with van der Waals surface area (Å²) < 4.78 is 0. The van der Waals surface area contributed by atoms with E-state index >= 15 is 0 Å². The van der Waals surface area contributed by atoms with Crippen LogP contribution in [0.15, 0.2) is 24.3 Å². The van der Waals surface area contributed by atoms with Gasteiger partial charge in [-0.2, -0.15) is 0 Å². The smallest absolute Gasteiger partial charge is 0.0594 e. The van der Waals surface area contributed by atoms with Gasteiger partial charge in [-0.25, -0.2) is 0 Å². The summed E-state index contributed by atoms with van der Waals surface area (Å²) in [6.45, 7) is 23.2. The Morgan fingerprint density at radius 2 is 1.53 bits per heavy atom. The summed E-state index contributed by atoms with van der Waals surface area (Å²) in [6, 6.07) is 0.